The van der Waals surface area contributed by atoms with Crippen molar-refractivity contribution in [1.29, 1.82) is 0 Å². The topological polar surface area (TPSA) is 120 Å². The molecule has 4 rings (SSSR count). The van der Waals surface area contributed by atoms with Crippen molar-refractivity contribution in [2.45, 2.75) is 0 Å². The first kappa shape index (κ1) is 22.8. The summed E-state index contributed by atoms with van der Waals surface area (Å²) in [5.41, 5.74) is 5.16. The zero-order valence-corrected chi connectivity index (χ0v) is 17.4. The summed E-state index contributed by atoms with van der Waals surface area (Å²) in [5, 5.41) is 36.3. The average Bonchev–Trinajstić information content (AvgIpc) is 3.24. The first-order chi connectivity index (χ1) is 16.3. The van der Waals surface area contributed by atoms with Gasteiger partial charge in [-0.15, -0.1) is 0 Å². The number of benzene rings is 3. The largest absolute Gasteiger partial charge is 0.488 e. The van der Waals surface area contributed by atoms with Gasteiger partial charge in [-0.3, -0.25) is 5.43 Å². The van der Waals surface area contributed by atoms with Crippen LogP contribution in [0, 0.1) is 11.6 Å². The van der Waals surface area contributed by atoms with E-state index in [-0.39, 0.29) is 11.3 Å². The van der Waals surface area contributed by atoms with Crippen molar-refractivity contribution in [3.8, 4) is 16.9 Å². The van der Waals surface area contributed by atoms with Crippen LogP contribution in [0.2, 0.25) is 0 Å². The molecule has 0 aliphatic heterocycles. The van der Waals surface area contributed by atoms with Crippen molar-refractivity contribution in [3.63, 3.8) is 0 Å². The molecule has 0 saturated carbocycles. The standard InChI is InChI=1S/C23H17BF2N4O4/c25-18-7-10-21(20(26)11-18)28-27-12-16-13-30(19-8-3-15(4-9-19)23(31)32)29-22(16)14-1-5-17(6-2-14)24(33)34/h1-13,28,33-34H,(H,31,32)/b27-12+. The van der Waals surface area contributed by atoms with Crippen molar-refractivity contribution in [3.05, 3.63) is 95.7 Å². The lowest BCUT2D eigenvalue weighted by atomic mass is 9.80. The molecule has 4 N–H and O–H groups in total. The van der Waals surface area contributed by atoms with E-state index < -0.39 is 24.7 Å². The molecule has 1 heterocycles. The monoisotopic (exact) mass is 462 g/mol. The van der Waals surface area contributed by atoms with Crippen LogP contribution in [0.4, 0.5) is 14.5 Å². The number of hydrazone groups is 1. The van der Waals surface area contributed by atoms with E-state index in [0.717, 1.165) is 12.1 Å². The molecule has 0 aliphatic carbocycles. The van der Waals surface area contributed by atoms with E-state index in [1.165, 1.54) is 41.2 Å². The number of nitrogens with one attached hydrogen (secondary N) is 1. The van der Waals surface area contributed by atoms with E-state index >= 15 is 0 Å². The number of hydrogen-bond donors (Lipinski definition) is 4. The van der Waals surface area contributed by atoms with Gasteiger partial charge in [0.05, 0.1) is 23.2 Å². The van der Waals surface area contributed by atoms with E-state index in [1.54, 1.807) is 30.5 Å². The number of aromatic carboxylic acids is 1. The number of carboxylic acid groups (broad SMARTS) is 1. The van der Waals surface area contributed by atoms with Gasteiger partial charge in [-0.1, -0.05) is 24.3 Å². The van der Waals surface area contributed by atoms with Crippen LogP contribution in [0.5, 0.6) is 0 Å². The third kappa shape index (κ3) is 5.01. The predicted octanol–water partition coefficient (Wildman–Crippen LogP) is 2.64. The second kappa shape index (κ2) is 9.65. The Balaban J connectivity index is 1.69. The van der Waals surface area contributed by atoms with E-state index in [4.69, 9.17) is 5.11 Å². The lowest BCUT2D eigenvalue weighted by Crippen LogP contribution is -2.29. The first-order valence-electron chi connectivity index (χ1n) is 9.96. The molecule has 0 aliphatic rings. The summed E-state index contributed by atoms with van der Waals surface area (Å²) in [6, 6.07) is 15.5. The average molecular weight is 462 g/mol. The molecule has 3 aromatic carbocycles. The summed E-state index contributed by atoms with van der Waals surface area (Å²) in [7, 11) is -1.62. The number of carboxylic acids is 1. The highest BCUT2D eigenvalue weighted by Crippen LogP contribution is 2.23. The Labute approximate surface area is 192 Å². The number of nitrogens with zero attached hydrogens (tertiary/aromatic N) is 3. The molecule has 11 heteroatoms. The Bertz CT molecular complexity index is 1360. The van der Waals surface area contributed by atoms with Gasteiger partial charge in [0, 0.05) is 23.4 Å². The summed E-state index contributed by atoms with van der Waals surface area (Å²) < 4.78 is 28.5. The van der Waals surface area contributed by atoms with Gasteiger partial charge in [-0.25, -0.2) is 18.3 Å². The maximum atomic E-state index is 13.9. The lowest BCUT2D eigenvalue weighted by molar-refractivity contribution is 0.0697. The van der Waals surface area contributed by atoms with Crippen molar-refractivity contribution in [1.82, 2.24) is 9.78 Å². The van der Waals surface area contributed by atoms with Crippen molar-refractivity contribution in [2.24, 2.45) is 5.10 Å². The second-order valence-electron chi connectivity index (χ2n) is 7.22. The first-order valence-corrected chi connectivity index (χ1v) is 9.96. The SMILES string of the molecule is O=C(O)c1ccc(-n2cc(/C=N/Nc3ccc(F)cc3F)c(-c3ccc(B(O)O)cc3)n2)cc1. The number of halogens is 2. The highest BCUT2D eigenvalue weighted by atomic mass is 19.1. The minimum Gasteiger partial charge on any atom is -0.478 e. The van der Waals surface area contributed by atoms with Crippen LogP contribution >= 0.6 is 0 Å². The van der Waals surface area contributed by atoms with Gasteiger partial charge in [-0.2, -0.15) is 10.2 Å². The Morgan fingerprint density at radius 3 is 2.35 bits per heavy atom. The van der Waals surface area contributed by atoms with Crippen LogP contribution < -0.4 is 10.9 Å². The molecule has 0 fully saturated rings. The molecule has 34 heavy (non-hydrogen) atoms. The minimum absolute atomic E-state index is 0.0165. The van der Waals surface area contributed by atoms with Crippen molar-refractivity contribution >= 4 is 30.5 Å². The molecular weight excluding hydrogens is 445 g/mol. The molecule has 1 aromatic heterocycles. The van der Waals surface area contributed by atoms with Gasteiger partial charge >= 0.3 is 13.1 Å². The molecule has 0 saturated heterocycles. The highest BCUT2D eigenvalue weighted by Gasteiger charge is 2.15. The molecule has 0 unspecified atom stereocenters. The maximum Gasteiger partial charge on any atom is 0.488 e. The van der Waals surface area contributed by atoms with Gasteiger partial charge in [0.2, 0.25) is 0 Å². The van der Waals surface area contributed by atoms with Crippen LogP contribution in [-0.4, -0.2) is 44.2 Å². The second-order valence-corrected chi connectivity index (χ2v) is 7.22. The summed E-state index contributed by atoms with van der Waals surface area (Å²) in [4.78, 5) is 11.1. The molecule has 0 bridgehead atoms. The molecule has 0 radical (unpaired) electrons. The fourth-order valence-electron chi connectivity index (χ4n) is 3.16. The van der Waals surface area contributed by atoms with Gasteiger partial charge in [-0.05, 0) is 41.9 Å². The third-order valence-corrected chi connectivity index (χ3v) is 4.92. The van der Waals surface area contributed by atoms with E-state index in [0.29, 0.717) is 28.0 Å². The van der Waals surface area contributed by atoms with E-state index in [9.17, 15) is 23.6 Å². The molecule has 8 nitrogen and oxygen atoms in total. The molecule has 0 amide bonds. The maximum absolute atomic E-state index is 13.9. The van der Waals surface area contributed by atoms with Gasteiger partial charge < -0.3 is 15.2 Å². The number of anilines is 1. The lowest BCUT2D eigenvalue weighted by Gasteiger charge is -2.03. The van der Waals surface area contributed by atoms with Crippen LogP contribution in [-0.2, 0) is 0 Å². The number of rotatable bonds is 7. The van der Waals surface area contributed by atoms with Gasteiger partial charge in [0.25, 0.3) is 0 Å². The quantitative estimate of drug-likeness (QED) is 0.191. The zero-order valence-electron chi connectivity index (χ0n) is 17.4. The van der Waals surface area contributed by atoms with Gasteiger partial charge in [0.1, 0.15) is 11.5 Å². The summed E-state index contributed by atoms with van der Waals surface area (Å²) in [6.45, 7) is 0. The van der Waals surface area contributed by atoms with Crippen LogP contribution in [0.3, 0.4) is 0 Å². The highest BCUT2D eigenvalue weighted by molar-refractivity contribution is 6.58. The molecule has 170 valence electrons. The molecule has 0 atom stereocenters. The Morgan fingerprint density at radius 2 is 1.74 bits per heavy atom. The van der Waals surface area contributed by atoms with Crippen molar-refractivity contribution in [2.75, 3.05) is 5.43 Å². The number of carbonyl (C=O) groups is 1. The third-order valence-electron chi connectivity index (χ3n) is 4.92. The zero-order chi connectivity index (χ0) is 24.2. The van der Waals surface area contributed by atoms with E-state index in [1.807, 2.05) is 0 Å². The Morgan fingerprint density at radius 1 is 1.03 bits per heavy atom. The summed E-state index contributed by atoms with van der Waals surface area (Å²) >= 11 is 0. The molecular formula is C23H17BF2N4O4. The summed E-state index contributed by atoms with van der Waals surface area (Å²) in [5.74, 6) is -2.56. The number of hydrogen-bond acceptors (Lipinski definition) is 6. The summed E-state index contributed by atoms with van der Waals surface area (Å²) in [6.07, 6.45) is 3.05. The van der Waals surface area contributed by atoms with Crippen molar-refractivity contribution < 1.29 is 28.7 Å². The molecule has 0 spiro atoms. The van der Waals surface area contributed by atoms with Crippen LogP contribution in [0.1, 0.15) is 15.9 Å². The Kier molecular flexibility index (Phi) is 6.48. The fourth-order valence-corrected chi connectivity index (χ4v) is 3.16. The normalized spacial score (nSPS) is 11.1. The van der Waals surface area contributed by atoms with Crippen LogP contribution in [0.15, 0.2) is 78.0 Å². The molecule has 4 aromatic rings. The fraction of sp³-hybridized carbons (Fsp3) is 0. The minimum atomic E-state index is -1.62. The predicted molar refractivity (Wildman–Crippen MR) is 123 cm³/mol. The smallest absolute Gasteiger partial charge is 0.478 e. The van der Waals surface area contributed by atoms with E-state index in [2.05, 4.69) is 15.6 Å². The Hall–Kier alpha value is -4.35. The van der Waals surface area contributed by atoms with Crippen LogP contribution in [0.25, 0.3) is 16.9 Å². The number of aromatic nitrogens is 2. The van der Waals surface area contributed by atoms with Gasteiger partial charge in [0.15, 0.2) is 5.82 Å².